The lowest BCUT2D eigenvalue weighted by Gasteiger charge is -2.24. The fourth-order valence-corrected chi connectivity index (χ4v) is 2.42. The van der Waals surface area contributed by atoms with Crippen LogP contribution in [-0.4, -0.2) is 38.4 Å². The van der Waals surface area contributed by atoms with E-state index in [2.05, 4.69) is 0 Å². The minimum Gasteiger partial charge on any atom is -0.486 e. The average molecular weight is 319 g/mol. The van der Waals surface area contributed by atoms with Crippen LogP contribution in [0.15, 0.2) is 12.1 Å². The quantitative estimate of drug-likeness (QED) is 0.798. The average Bonchev–Trinajstić information content (AvgIpc) is 2.35. The Bertz CT molecular complexity index is 664. The van der Waals surface area contributed by atoms with Crippen LogP contribution < -0.4 is 9.47 Å². The number of rotatable bonds is 3. The number of ether oxygens (including phenoxy) is 2. The first-order valence-electron chi connectivity index (χ1n) is 5.98. The first-order chi connectivity index (χ1) is 9.14. The van der Waals surface area contributed by atoms with E-state index in [1.807, 2.05) is 0 Å². The van der Waals surface area contributed by atoms with Crippen LogP contribution >= 0.6 is 11.6 Å². The first kappa shape index (κ1) is 15.1. The highest BCUT2D eigenvalue weighted by atomic mass is 35.5. The van der Waals surface area contributed by atoms with Crippen LogP contribution in [0.1, 0.15) is 24.2 Å². The lowest BCUT2D eigenvalue weighted by Crippen LogP contribution is -2.40. The van der Waals surface area contributed by atoms with Gasteiger partial charge in [-0.15, -0.1) is 0 Å². The number of benzene rings is 1. The molecule has 0 unspecified atom stereocenters. The molecule has 5 nitrogen and oxygen atoms in total. The van der Waals surface area contributed by atoms with Crippen molar-refractivity contribution in [3.63, 3.8) is 0 Å². The summed E-state index contributed by atoms with van der Waals surface area (Å²) in [5.41, 5.74) is 0.117. The second kappa shape index (κ2) is 4.93. The largest absolute Gasteiger partial charge is 0.486 e. The number of sulfone groups is 1. The Labute approximate surface area is 122 Å². The van der Waals surface area contributed by atoms with E-state index in [1.54, 1.807) is 0 Å². The Morgan fingerprint density at radius 1 is 1.20 bits per heavy atom. The maximum Gasteiger partial charge on any atom is 0.185 e. The highest BCUT2D eigenvalue weighted by Gasteiger charge is 2.40. The summed E-state index contributed by atoms with van der Waals surface area (Å²) < 4.78 is 32.7. The van der Waals surface area contributed by atoms with Gasteiger partial charge in [-0.1, -0.05) is 11.6 Å². The summed E-state index contributed by atoms with van der Waals surface area (Å²) in [6, 6.07) is 2.91. The second-order valence-electron chi connectivity index (χ2n) is 5.09. The van der Waals surface area contributed by atoms with Gasteiger partial charge in [-0.25, -0.2) is 8.42 Å². The van der Waals surface area contributed by atoms with E-state index in [0.717, 1.165) is 6.26 Å². The predicted octanol–water partition coefficient (Wildman–Crippen LogP) is 2.12. The van der Waals surface area contributed by atoms with E-state index in [1.165, 1.54) is 26.0 Å². The van der Waals surface area contributed by atoms with Gasteiger partial charge < -0.3 is 9.47 Å². The summed E-state index contributed by atoms with van der Waals surface area (Å²) >= 11 is 6.06. The van der Waals surface area contributed by atoms with Crippen LogP contribution in [-0.2, 0) is 9.84 Å². The van der Waals surface area contributed by atoms with Gasteiger partial charge in [-0.3, -0.25) is 4.79 Å². The predicted molar refractivity (Wildman–Crippen MR) is 75.7 cm³/mol. The van der Waals surface area contributed by atoms with Crippen LogP contribution in [0.3, 0.4) is 0 Å². The molecule has 0 fully saturated rings. The van der Waals surface area contributed by atoms with Crippen molar-refractivity contribution >= 4 is 27.2 Å². The van der Waals surface area contributed by atoms with Crippen molar-refractivity contribution in [3.8, 4) is 11.5 Å². The summed E-state index contributed by atoms with van der Waals surface area (Å²) in [6.45, 7) is 3.50. The molecule has 0 saturated heterocycles. The molecular weight excluding hydrogens is 304 g/mol. The van der Waals surface area contributed by atoms with Gasteiger partial charge in [-0.05, 0) is 19.9 Å². The molecule has 1 aliphatic heterocycles. The Morgan fingerprint density at radius 2 is 1.70 bits per heavy atom. The van der Waals surface area contributed by atoms with Crippen molar-refractivity contribution in [1.29, 1.82) is 0 Å². The molecule has 0 spiro atoms. The van der Waals surface area contributed by atoms with E-state index in [-0.39, 0.29) is 10.6 Å². The molecular formula is C13H15ClO5S. The Kier molecular flexibility index (Phi) is 3.73. The monoisotopic (exact) mass is 318 g/mol. The molecule has 0 bridgehead atoms. The molecule has 0 saturated carbocycles. The minimum absolute atomic E-state index is 0.117. The number of ketones is 1. The van der Waals surface area contributed by atoms with Crippen LogP contribution in [0.5, 0.6) is 11.5 Å². The van der Waals surface area contributed by atoms with Crippen molar-refractivity contribution in [2.24, 2.45) is 0 Å². The number of carbonyl (C=O) groups excluding carboxylic acids is 1. The number of hydrogen-bond acceptors (Lipinski definition) is 5. The molecule has 0 aromatic heterocycles. The lowest BCUT2D eigenvalue weighted by molar-refractivity contribution is 0.0953. The van der Waals surface area contributed by atoms with Gasteiger partial charge in [0.2, 0.25) is 0 Å². The number of Topliss-reactive ketones (excluding diaryl/α,β-unsaturated/α-hetero) is 1. The number of fused-ring (bicyclic) bond motifs is 1. The van der Waals surface area contributed by atoms with Gasteiger partial charge in [0, 0.05) is 17.9 Å². The highest BCUT2D eigenvalue weighted by molar-refractivity contribution is 7.92. The molecule has 1 heterocycles. The van der Waals surface area contributed by atoms with Crippen LogP contribution in [0.25, 0.3) is 0 Å². The van der Waals surface area contributed by atoms with E-state index in [4.69, 9.17) is 21.1 Å². The smallest absolute Gasteiger partial charge is 0.185 e. The SMILES string of the molecule is CC(C)(C(=O)c1cc2c(cc1Cl)OCCO2)S(C)(=O)=O. The van der Waals surface area contributed by atoms with Gasteiger partial charge in [-0.2, -0.15) is 0 Å². The zero-order valence-corrected chi connectivity index (χ0v) is 13.0. The van der Waals surface area contributed by atoms with Crippen LogP contribution in [0.4, 0.5) is 0 Å². The molecule has 7 heteroatoms. The summed E-state index contributed by atoms with van der Waals surface area (Å²) in [4.78, 5) is 12.5. The third kappa shape index (κ3) is 2.50. The molecule has 1 aromatic carbocycles. The van der Waals surface area contributed by atoms with Gasteiger partial charge >= 0.3 is 0 Å². The van der Waals surface area contributed by atoms with Crippen molar-refractivity contribution < 1.29 is 22.7 Å². The highest BCUT2D eigenvalue weighted by Crippen LogP contribution is 2.37. The van der Waals surface area contributed by atoms with Gasteiger partial charge in [0.25, 0.3) is 0 Å². The molecule has 110 valence electrons. The number of halogens is 1. The molecule has 0 N–H and O–H groups in total. The van der Waals surface area contributed by atoms with E-state index in [0.29, 0.717) is 24.7 Å². The van der Waals surface area contributed by atoms with Crippen molar-refractivity contribution in [2.75, 3.05) is 19.5 Å². The third-order valence-electron chi connectivity index (χ3n) is 3.35. The Hall–Kier alpha value is -1.27. The molecule has 20 heavy (non-hydrogen) atoms. The van der Waals surface area contributed by atoms with Gasteiger partial charge in [0.15, 0.2) is 27.1 Å². The maximum absolute atomic E-state index is 12.5. The standard InChI is InChI=1S/C13H15ClO5S/c1-13(2,20(3,16)17)12(15)8-6-10-11(7-9(8)14)19-5-4-18-10/h6-7H,4-5H2,1-3H3. The van der Waals surface area contributed by atoms with E-state index in [9.17, 15) is 13.2 Å². The van der Waals surface area contributed by atoms with E-state index < -0.39 is 20.4 Å². The fourth-order valence-electron chi connectivity index (χ4n) is 1.73. The molecule has 1 aromatic rings. The summed E-state index contributed by atoms with van der Waals surface area (Å²) in [5.74, 6) is 0.283. The van der Waals surface area contributed by atoms with Gasteiger partial charge in [0.05, 0.1) is 5.02 Å². The first-order valence-corrected chi connectivity index (χ1v) is 8.25. The molecule has 0 radical (unpaired) electrons. The Balaban J connectivity index is 2.51. The summed E-state index contributed by atoms with van der Waals surface area (Å²) in [6.07, 6.45) is 1.02. The lowest BCUT2D eigenvalue weighted by atomic mass is 9.99. The number of hydrogen-bond donors (Lipinski definition) is 0. The fraction of sp³-hybridized carbons (Fsp3) is 0.462. The molecule has 1 aliphatic rings. The molecule has 0 atom stereocenters. The zero-order valence-electron chi connectivity index (χ0n) is 11.4. The Morgan fingerprint density at radius 3 is 2.20 bits per heavy atom. The summed E-state index contributed by atoms with van der Waals surface area (Å²) in [7, 11) is -3.57. The maximum atomic E-state index is 12.5. The van der Waals surface area contributed by atoms with Crippen molar-refractivity contribution in [2.45, 2.75) is 18.6 Å². The third-order valence-corrected chi connectivity index (χ3v) is 5.70. The second-order valence-corrected chi connectivity index (χ2v) is 8.06. The zero-order chi connectivity index (χ0) is 15.1. The van der Waals surface area contributed by atoms with Gasteiger partial charge in [0.1, 0.15) is 18.0 Å². The molecule has 2 rings (SSSR count). The van der Waals surface area contributed by atoms with Crippen LogP contribution in [0, 0.1) is 0 Å². The van der Waals surface area contributed by atoms with Crippen LogP contribution in [0.2, 0.25) is 5.02 Å². The molecule has 0 aliphatic carbocycles. The topological polar surface area (TPSA) is 69.7 Å². The minimum atomic E-state index is -3.57. The normalized spacial score (nSPS) is 15.0. The van der Waals surface area contributed by atoms with Crippen molar-refractivity contribution in [1.82, 2.24) is 0 Å². The number of carbonyl (C=O) groups is 1. The summed E-state index contributed by atoms with van der Waals surface area (Å²) in [5, 5.41) is 0.149. The molecule has 0 amide bonds. The van der Waals surface area contributed by atoms with E-state index >= 15 is 0 Å². The van der Waals surface area contributed by atoms with Crippen molar-refractivity contribution in [3.05, 3.63) is 22.7 Å².